The first-order valence-electron chi connectivity index (χ1n) is 6.00. The van der Waals surface area contributed by atoms with Gasteiger partial charge in [0.25, 0.3) is 5.91 Å². The van der Waals surface area contributed by atoms with Crippen LogP contribution in [-0.4, -0.2) is 32.7 Å². The summed E-state index contributed by atoms with van der Waals surface area (Å²) in [6.45, 7) is 2.28. The first-order chi connectivity index (χ1) is 8.97. The van der Waals surface area contributed by atoms with Crippen LogP contribution in [0.1, 0.15) is 21.5 Å². The van der Waals surface area contributed by atoms with Crippen molar-refractivity contribution in [2.75, 3.05) is 7.05 Å². The standard InChI is InChI=1S/C14H17N3O2/c1-10-4-5-12(6-13(10)18)14(19)16(2)8-11-7-15-17(3)9-11/h4-7,9,18H,8H2,1-3H3. The van der Waals surface area contributed by atoms with E-state index in [1.54, 1.807) is 41.9 Å². The van der Waals surface area contributed by atoms with Gasteiger partial charge < -0.3 is 10.0 Å². The van der Waals surface area contributed by atoms with E-state index >= 15 is 0 Å². The Morgan fingerprint density at radius 2 is 2.21 bits per heavy atom. The zero-order valence-electron chi connectivity index (χ0n) is 11.3. The van der Waals surface area contributed by atoms with Crippen molar-refractivity contribution in [3.05, 3.63) is 47.3 Å². The average molecular weight is 259 g/mol. The molecule has 0 bridgehead atoms. The van der Waals surface area contributed by atoms with Crippen LogP contribution in [0.25, 0.3) is 0 Å². The maximum absolute atomic E-state index is 12.2. The molecule has 0 saturated carbocycles. The van der Waals surface area contributed by atoms with Gasteiger partial charge in [0.2, 0.25) is 0 Å². The second-order valence-electron chi connectivity index (χ2n) is 4.68. The van der Waals surface area contributed by atoms with Crippen LogP contribution in [0.15, 0.2) is 30.6 Å². The molecule has 1 amide bonds. The van der Waals surface area contributed by atoms with Gasteiger partial charge >= 0.3 is 0 Å². The molecule has 0 saturated heterocycles. The van der Waals surface area contributed by atoms with E-state index in [0.29, 0.717) is 12.1 Å². The normalized spacial score (nSPS) is 10.5. The highest BCUT2D eigenvalue weighted by molar-refractivity contribution is 5.94. The van der Waals surface area contributed by atoms with E-state index in [2.05, 4.69) is 5.10 Å². The van der Waals surface area contributed by atoms with Crippen molar-refractivity contribution >= 4 is 5.91 Å². The molecule has 0 spiro atoms. The summed E-state index contributed by atoms with van der Waals surface area (Å²) in [6, 6.07) is 4.95. The quantitative estimate of drug-likeness (QED) is 0.912. The molecule has 0 unspecified atom stereocenters. The lowest BCUT2D eigenvalue weighted by molar-refractivity contribution is 0.0784. The number of aromatic nitrogens is 2. The highest BCUT2D eigenvalue weighted by Crippen LogP contribution is 2.18. The lowest BCUT2D eigenvalue weighted by Gasteiger charge is -2.16. The molecule has 0 radical (unpaired) electrons. The molecule has 0 aliphatic rings. The summed E-state index contributed by atoms with van der Waals surface area (Å²) in [5.74, 6) is 0.0137. The number of nitrogens with zero attached hydrogens (tertiary/aromatic N) is 3. The number of aryl methyl sites for hydroxylation is 2. The smallest absolute Gasteiger partial charge is 0.254 e. The van der Waals surface area contributed by atoms with Crippen molar-refractivity contribution in [3.8, 4) is 5.75 Å². The topological polar surface area (TPSA) is 58.4 Å². The van der Waals surface area contributed by atoms with Gasteiger partial charge in [-0.05, 0) is 24.6 Å². The predicted octanol–water partition coefficient (Wildman–Crippen LogP) is 1.71. The number of rotatable bonds is 3. The molecule has 1 aromatic carbocycles. The first kappa shape index (κ1) is 13.1. The Morgan fingerprint density at radius 3 is 2.79 bits per heavy atom. The van der Waals surface area contributed by atoms with E-state index in [4.69, 9.17) is 0 Å². The molecule has 5 heteroatoms. The van der Waals surface area contributed by atoms with Gasteiger partial charge in [-0.25, -0.2) is 0 Å². The summed E-state index contributed by atoms with van der Waals surface area (Å²) in [5.41, 5.74) is 2.20. The van der Waals surface area contributed by atoms with Gasteiger partial charge in [0, 0.05) is 38.0 Å². The van der Waals surface area contributed by atoms with E-state index in [-0.39, 0.29) is 11.7 Å². The zero-order valence-corrected chi connectivity index (χ0v) is 11.3. The minimum absolute atomic E-state index is 0.126. The predicted molar refractivity (Wildman–Crippen MR) is 71.8 cm³/mol. The molecule has 1 aromatic heterocycles. The van der Waals surface area contributed by atoms with Crippen LogP contribution < -0.4 is 0 Å². The highest BCUT2D eigenvalue weighted by Gasteiger charge is 2.13. The largest absolute Gasteiger partial charge is 0.508 e. The lowest BCUT2D eigenvalue weighted by atomic mass is 10.1. The fourth-order valence-corrected chi connectivity index (χ4v) is 1.86. The van der Waals surface area contributed by atoms with Gasteiger partial charge in [-0.2, -0.15) is 5.10 Å². The number of hydrogen-bond acceptors (Lipinski definition) is 3. The van der Waals surface area contributed by atoms with Crippen LogP contribution in [0.3, 0.4) is 0 Å². The summed E-state index contributed by atoms with van der Waals surface area (Å²) >= 11 is 0. The number of phenolic OH excluding ortho intramolecular Hbond substituents is 1. The summed E-state index contributed by atoms with van der Waals surface area (Å²) in [7, 11) is 3.57. The second-order valence-corrected chi connectivity index (χ2v) is 4.68. The number of aromatic hydroxyl groups is 1. The summed E-state index contributed by atoms with van der Waals surface area (Å²) in [6.07, 6.45) is 3.60. The molecule has 0 fully saturated rings. The van der Waals surface area contributed by atoms with Gasteiger partial charge in [0.1, 0.15) is 5.75 Å². The Labute approximate surface area is 112 Å². The Kier molecular flexibility index (Phi) is 3.55. The van der Waals surface area contributed by atoms with Gasteiger partial charge in [-0.1, -0.05) is 6.07 Å². The fraction of sp³-hybridized carbons (Fsp3) is 0.286. The fourth-order valence-electron chi connectivity index (χ4n) is 1.86. The summed E-state index contributed by atoms with van der Waals surface area (Å²) in [4.78, 5) is 13.8. The molecule has 0 aliphatic heterocycles. The van der Waals surface area contributed by atoms with E-state index in [1.165, 1.54) is 6.07 Å². The molecule has 100 valence electrons. The molecule has 19 heavy (non-hydrogen) atoms. The van der Waals surface area contributed by atoms with E-state index in [0.717, 1.165) is 11.1 Å². The number of hydrogen-bond donors (Lipinski definition) is 1. The molecule has 5 nitrogen and oxygen atoms in total. The maximum atomic E-state index is 12.2. The number of carbonyl (C=O) groups excluding carboxylic acids is 1. The van der Waals surface area contributed by atoms with Crippen LogP contribution >= 0.6 is 0 Å². The molecule has 2 aromatic rings. The van der Waals surface area contributed by atoms with E-state index in [9.17, 15) is 9.90 Å². The number of carbonyl (C=O) groups is 1. The minimum atomic E-state index is -0.126. The Bertz CT molecular complexity index is 604. The summed E-state index contributed by atoms with van der Waals surface area (Å²) in [5, 5.41) is 13.7. The third kappa shape index (κ3) is 2.93. The maximum Gasteiger partial charge on any atom is 0.254 e. The number of benzene rings is 1. The minimum Gasteiger partial charge on any atom is -0.508 e. The number of phenols is 1. The van der Waals surface area contributed by atoms with Crippen LogP contribution in [0.5, 0.6) is 5.75 Å². The number of amides is 1. The SMILES string of the molecule is Cc1ccc(C(=O)N(C)Cc2cnn(C)c2)cc1O. The van der Waals surface area contributed by atoms with Gasteiger partial charge in [-0.15, -0.1) is 0 Å². The van der Waals surface area contributed by atoms with Crippen LogP contribution in [0, 0.1) is 6.92 Å². The first-order valence-corrected chi connectivity index (χ1v) is 6.00. The molecular formula is C14H17N3O2. The zero-order chi connectivity index (χ0) is 14.0. The van der Waals surface area contributed by atoms with Gasteiger partial charge in [0.05, 0.1) is 6.20 Å². The second kappa shape index (κ2) is 5.14. The van der Waals surface area contributed by atoms with E-state index < -0.39 is 0 Å². The third-order valence-electron chi connectivity index (χ3n) is 2.98. The lowest BCUT2D eigenvalue weighted by Crippen LogP contribution is -2.26. The van der Waals surface area contributed by atoms with Gasteiger partial charge in [0.15, 0.2) is 0 Å². The van der Waals surface area contributed by atoms with Crippen molar-refractivity contribution < 1.29 is 9.90 Å². The molecular weight excluding hydrogens is 242 g/mol. The molecule has 2 rings (SSSR count). The third-order valence-corrected chi connectivity index (χ3v) is 2.98. The Hall–Kier alpha value is -2.30. The Balaban J connectivity index is 2.12. The van der Waals surface area contributed by atoms with Crippen LogP contribution in [-0.2, 0) is 13.6 Å². The average Bonchev–Trinajstić information content (AvgIpc) is 2.77. The van der Waals surface area contributed by atoms with Crippen LogP contribution in [0.4, 0.5) is 0 Å². The monoisotopic (exact) mass is 259 g/mol. The van der Waals surface area contributed by atoms with Gasteiger partial charge in [-0.3, -0.25) is 9.48 Å². The van der Waals surface area contributed by atoms with Crippen molar-refractivity contribution in [3.63, 3.8) is 0 Å². The Morgan fingerprint density at radius 1 is 1.47 bits per heavy atom. The summed E-state index contributed by atoms with van der Waals surface area (Å²) < 4.78 is 1.70. The van der Waals surface area contributed by atoms with Crippen molar-refractivity contribution in [2.24, 2.45) is 7.05 Å². The highest BCUT2D eigenvalue weighted by atomic mass is 16.3. The molecule has 1 heterocycles. The van der Waals surface area contributed by atoms with Crippen molar-refractivity contribution in [2.45, 2.75) is 13.5 Å². The van der Waals surface area contributed by atoms with Crippen molar-refractivity contribution in [1.29, 1.82) is 0 Å². The molecule has 1 N–H and O–H groups in total. The van der Waals surface area contributed by atoms with Crippen LogP contribution in [0.2, 0.25) is 0 Å². The molecule has 0 aliphatic carbocycles. The van der Waals surface area contributed by atoms with E-state index in [1.807, 2.05) is 13.2 Å². The van der Waals surface area contributed by atoms with Crippen molar-refractivity contribution in [1.82, 2.24) is 14.7 Å². The molecule has 0 atom stereocenters.